The lowest BCUT2D eigenvalue weighted by molar-refractivity contribution is -0.135. The van der Waals surface area contributed by atoms with E-state index in [4.69, 9.17) is 14.2 Å². The van der Waals surface area contributed by atoms with Crippen molar-refractivity contribution in [2.75, 3.05) is 7.11 Å². The van der Waals surface area contributed by atoms with Crippen LogP contribution in [0.2, 0.25) is 0 Å². The maximum absolute atomic E-state index is 13.4. The molecule has 1 N–H and O–H groups in total. The van der Waals surface area contributed by atoms with Gasteiger partial charge < -0.3 is 14.2 Å². The molecule has 1 atom stereocenters. The van der Waals surface area contributed by atoms with E-state index in [9.17, 15) is 9.18 Å². The maximum Gasteiger partial charge on any atom is 0.313 e. The first kappa shape index (κ1) is 20.8. The Bertz CT molecular complexity index is 1280. The summed E-state index contributed by atoms with van der Waals surface area (Å²) in [7, 11) is 1.62. The summed E-state index contributed by atoms with van der Waals surface area (Å²) in [6, 6.07) is 21.5. The lowest BCUT2D eigenvalue weighted by atomic mass is 9.86. The Morgan fingerprint density at radius 2 is 1.82 bits per heavy atom. The molecule has 1 aliphatic rings. The van der Waals surface area contributed by atoms with Gasteiger partial charge in [0.1, 0.15) is 23.9 Å². The van der Waals surface area contributed by atoms with Gasteiger partial charge in [-0.15, -0.1) is 5.10 Å². The highest BCUT2D eigenvalue weighted by Crippen LogP contribution is 2.43. The zero-order valence-electron chi connectivity index (χ0n) is 17.9. The Morgan fingerprint density at radius 1 is 1.06 bits per heavy atom. The summed E-state index contributed by atoms with van der Waals surface area (Å²) >= 11 is 0. The number of fused-ring (bicyclic) bond motifs is 1. The monoisotopic (exact) mass is 444 g/mol. The predicted octanol–water partition coefficient (Wildman–Crippen LogP) is 5.24. The van der Waals surface area contributed by atoms with Crippen LogP contribution >= 0.6 is 0 Å². The van der Waals surface area contributed by atoms with Gasteiger partial charge in [-0.3, -0.25) is 9.89 Å². The van der Waals surface area contributed by atoms with Crippen molar-refractivity contribution < 1.29 is 23.4 Å². The predicted molar refractivity (Wildman–Crippen MR) is 120 cm³/mol. The minimum absolute atomic E-state index is 0.208. The Kier molecular flexibility index (Phi) is 5.52. The van der Waals surface area contributed by atoms with E-state index in [0.717, 1.165) is 33.7 Å². The number of hydrogen-bond acceptors (Lipinski definition) is 5. The molecule has 0 radical (unpaired) electrons. The fourth-order valence-electron chi connectivity index (χ4n) is 4.01. The van der Waals surface area contributed by atoms with Crippen LogP contribution in [0, 0.1) is 5.82 Å². The minimum atomic E-state index is -0.327. The van der Waals surface area contributed by atoms with E-state index < -0.39 is 0 Å². The lowest BCUT2D eigenvalue weighted by Gasteiger charge is -2.22. The van der Waals surface area contributed by atoms with Gasteiger partial charge in [-0.1, -0.05) is 24.3 Å². The third kappa shape index (κ3) is 4.30. The third-order valence-corrected chi connectivity index (χ3v) is 5.65. The van der Waals surface area contributed by atoms with Gasteiger partial charge >= 0.3 is 5.97 Å². The number of aromatic nitrogens is 2. The topological polar surface area (TPSA) is 73.4 Å². The van der Waals surface area contributed by atoms with Crippen molar-refractivity contribution in [3.63, 3.8) is 0 Å². The van der Waals surface area contributed by atoms with Gasteiger partial charge in [0.2, 0.25) is 5.88 Å². The number of halogens is 1. The highest BCUT2D eigenvalue weighted by atomic mass is 19.1. The second-order valence-corrected chi connectivity index (χ2v) is 7.76. The second kappa shape index (κ2) is 8.78. The summed E-state index contributed by atoms with van der Waals surface area (Å²) in [6.45, 7) is 0.264. The molecular formula is C26H21FN2O4. The highest BCUT2D eigenvalue weighted by Gasteiger charge is 2.33. The zero-order valence-corrected chi connectivity index (χ0v) is 17.9. The van der Waals surface area contributed by atoms with Crippen LogP contribution in [0.1, 0.15) is 29.0 Å². The number of benzene rings is 3. The molecule has 3 aromatic carbocycles. The smallest absolute Gasteiger partial charge is 0.313 e. The molecular weight excluding hydrogens is 423 g/mol. The summed E-state index contributed by atoms with van der Waals surface area (Å²) in [5, 5.41) is 7.26. The normalized spacial score (nSPS) is 15.0. The van der Waals surface area contributed by atoms with E-state index in [1.165, 1.54) is 12.1 Å². The standard InChI is InChI=1S/C26H21FN2O4/c1-31-20-9-7-18(8-10-20)25-24-22(14-23(30)33-26(24)29-28-25)17-5-11-21(12-6-17)32-15-16-3-2-4-19(27)13-16/h2-13,22H,14-15H2,1H3,(H,28,29)/t22-/m1/s1. The number of ether oxygens (including phenoxy) is 3. The van der Waals surface area contributed by atoms with Crippen LogP contribution < -0.4 is 14.2 Å². The number of nitrogens with one attached hydrogen (secondary N) is 1. The first-order chi connectivity index (χ1) is 16.1. The summed E-state index contributed by atoms with van der Waals surface area (Å²) < 4.78 is 29.8. The average Bonchev–Trinajstić information content (AvgIpc) is 3.26. The number of aromatic amines is 1. The molecule has 6 nitrogen and oxygen atoms in total. The van der Waals surface area contributed by atoms with Crippen molar-refractivity contribution in [1.29, 1.82) is 0 Å². The van der Waals surface area contributed by atoms with E-state index in [1.54, 1.807) is 13.2 Å². The molecule has 1 aliphatic heterocycles. The van der Waals surface area contributed by atoms with Crippen molar-refractivity contribution in [2.24, 2.45) is 0 Å². The van der Waals surface area contributed by atoms with Gasteiger partial charge in [-0.2, -0.15) is 0 Å². The van der Waals surface area contributed by atoms with Crippen LogP contribution in [0.5, 0.6) is 17.4 Å². The number of hydrogen-bond donors (Lipinski definition) is 1. The van der Waals surface area contributed by atoms with Crippen LogP contribution in [0.4, 0.5) is 4.39 Å². The van der Waals surface area contributed by atoms with Gasteiger partial charge in [-0.25, -0.2) is 4.39 Å². The van der Waals surface area contributed by atoms with Crippen LogP contribution in [0.3, 0.4) is 0 Å². The summed E-state index contributed by atoms with van der Waals surface area (Å²) in [5.41, 5.74) is 4.26. The number of carbonyl (C=O) groups excluding carboxylic acids is 1. The van der Waals surface area contributed by atoms with Crippen LogP contribution in [0.25, 0.3) is 11.3 Å². The largest absolute Gasteiger partial charge is 0.497 e. The summed E-state index contributed by atoms with van der Waals surface area (Å²) in [5.74, 6) is 0.877. The van der Waals surface area contributed by atoms with Crippen molar-refractivity contribution in [1.82, 2.24) is 10.2 Å². The fourth-order valence-corrected chi connectivity index (χ4v) is 4.01. The van der Waals surface area contributed by atoms with Gasteiger partial charge in [-0.05, 0) is 59.7 Å². The average molecular weight is 444 g/mol. The number of methoxy groups -OCH3 is 1. The van der Waals surface area contributed by atoms with Crippen molar-refractivity contribution in [3.05, 3.63) is 95.3 Å². The van der Waals surface area contributed by atoms with Crippen molar-refractivity contribution in [3.8, 4) is 28.6 Å². The van der Waals surface area contributed by atoms with Gasteiger partial charge in [0.05, 0.1) is 24.8 Å². The Hall–Kier alpha value is -4.13. The molecule has 0 fully saturated rings. The molecule has 0 spiro atoms. The molecule has 4 aromatic rings. The number of nitrogens with zero attached hydrogens (tertiary/aromatic N) is 1. The molecule has 166 valence electrons. The molecule has 0 bridgehead atoms. The van der Waals surface area contributed by atoms with E-state index in [1.807, 2.05) is 54.6 Å². The second-order valence-electron chi connectivity index (χ2n) is 7.76. The van der Waals surface area contributed by atoms with Gasteiger partial charge in [0.25, 0.3) is 0 Å². The third-order valence-electron chi connectivity index (χ3n) is 5.65. The van der Waals surface area contributed by atoms with Crippen LogP contribution in [-0.2, 0) is 11.4 Å². The maximum atomic E-state index is 13.4. The first-order valence-corrected chi connectivity index (χ1v) is 10.5. The number of H-pyrrole nitrogens is 1. The van der Waals surface area contributed by atoms with E-state index >= 15 is 0 Å². The van der Waals surface area contributed by atoms with Crippen LogP contribution in [-0.4, -0.2) is 23.3 Å². The van der Waals surface area contributed by atoms with E-state index in [-0.39, 0.29) is 30.7 Å². The highest BCUT2D eigenvalue weighted by molar-refractivity contribution is 5.80. The summed E-state index contributed by atoms with van der Waals surface area (Å²) in [4.78, 5) is 12.2. The number of esters is 1. The Morgan fingerprint density at radius 3 is 2.55 bits per heavy atom. The van der Waals surface area contributed by atoms with Gasteiger partial charge in [0.15, 0.2) is 0 Å². The Labute approximate surface area is 189 Å². The molecule has 33 heavy (non-hydrogen) atoms. The molecule has 7 heteroatoms. The van der Waals surface area contributed by atoms with Gasteiger partial charge in [0, 0.05) is 11.5 Å². The lowest BCUT2D eigenvalue weighted by Crippen LogP contribution is -2.20. The molecule has 0 aliphatic carbocycles. The van der Waals surface area contributed by atoms with Crippen LogP contribution in [0.15, 0.2) is 72.8 Å². The minimum Gasteiger partial charge on any atom is -0.497 e. The quantitative estimate of drug-likeness (QED) is 0.412. The van der Waals surface area contributed by atoms with E-state index in [0.29, 0.717) is 11.6 Å². The number of carbonyl (C=O) groups is 1. The molecule has 0 amide bonds. The molecule has 2 heterocycles. The van der Waals surface area contributed by atoms with Crippen molar-refractivity contribution in [2.45, 2.75) is 18.9 Å². The number of rotatable bonds is 6. The zero-order chi connectivity index (χ0) is 22.8. The SMILES string of the molecule is COc1ccc(-c2[nH]nc3c2[C@@H](c2ccc(OCc4cccc(F)c4)cc2)CC(=O)O3)cc1. The fraction of sp³-hybridized carbons (Fsp3) is 0.154. The molecule has 1 aromatic heterocycles. The first-order valence-electron chi connectivity index (χ1n) is 10.5. The Balaban J connectivity index is 1.40. The summed E-state index contributed by atoms with van der Waals surface area (Å²) in [6.07, 6.45) is 0.208. The van der Waals surface area contributed by atoms with E-state index in [2.05, 4.69) is 10.2 Å². The van der Waals surface area contributed by atoms with Crippen molar-refractivity contribution >= 4 is 5.97 Å². The molecule has 0 saturated carbocycles. The molecule has 5 rings (SSSR count). The molecule has 0 unspecified atom stereocenters. The molecule has 0 saturated heterocycles.